The van der Waals surface area contributed by atoms with E-state index in [4.69, 9.17) is 11.6 Å². The van der Waals surface area contributed by atoms with E-state index in [-0.39, 0.29) is 0 Å². The van der Waals surface area contributed by atoms with Gasteiger partial charge in [0.15, 0.2) is 0 Å². The van der Waals surface area contributed by atoms with Crippen LogP contribution in [0.25, 0.3) is 0 Å². The van der Waals surface area contributed by atoms with Gasteiger partial charge in [0.05, 0.1) is 5.38 Å². The first kappa shape index (κ1) is 16.5. The zero-order valence-corrected chi connectivity index (χ0v) is 14.2. The Balaban J connectivity index is 3.16. The van der Waals surface area contributed by atoms with Gasteiger partial charge in [-0.3, -0.25) is 0 Å². The molecule has 0 saturated heterocycles. The van der Waals surface area contributed by atoms with Crippen LogP contribution in [0.1, 0.15) is 58.3 Å². The van der Waals surface area contributed by atoms with Crippen molar-refractivity contribution in [2.75, 3.05) is 5.33 Å². The quantitative estimate of drug-likeness (QED) is 0.238. The van der Waals surface area contributed by atoms with Gasteiger partial charge in [-0.05, 0) is 6.42 Å². The maximum Gasteiger partial charge on any atom is 0.0550 e. The highest BCUT2D eigenvalue weighted by Gasteiger charge is 2.13. The smallest absolute Gasteiger partial charge is 0.0550 e. The van der Waals surface area contributed by atoms with Crippen molar-refractivity contribution >= 4 is 50.1 Å². The number of hydrogen-bond donors (Lipinski definition) is 0. The monoisotopic (exact) mass is 408 g/mol. The van der Waals surface area contributed by atoms with Gasteiger partial charge in [0.2, 0.25) is 0 Å². The fourth-order valence-electron chi connectivity index (χ4n) is 1.57. The minimum absolute atomic E-state index is 0.297. The van der Waals surface area contributed by atoms with Gasteiger partial charge < -0.3 is 0 Å². The molecular formula is C12H23BrClI. The van der Waals surface area contributed by atoms with Crippen LogP contribution >= 0.6 is 50.1 Å². The van der Waals surface area contributed by atoms with E-state index in [1.165, 1.54) is 51.4 Å². The van der Waals surface area contributed by atoms with E-state index in [0.717, 1.165) is 5.33 Å². The molecule has 2 unspecified atom stereocenters. The Morgan fingerprint density at radius 1 is 1.07 bits per heavy atom. The van der Waals surface area contributed by atoms with Crippen molar-refractivity contribution in [1.29, 1.82) is 0 Å². The van der Waals surface area contributed by atoms with Crippen LogP contribution in [0, 0.1) is 0 Å². The Morgan fingerprint density at radius 2 is 1.60 bits per heavy atom. The summed E-state index contributed by atoms with van der Waals surface area (Å²) in [7, 11) is 0. The van der Waals surface area contributed by atoms with Crippen LogP contribution in [0.2, 0.25) is 0 Å². The maximum absolute atomic E-state index is 6.14. The van der Waals surface area contributed by atoms with E-state index in [2.05, 4.69) is 45.4 Å². The van der Waals surface area contributed by atoms with Gasteiger partial charge >= 0.3 is 0 Å². The Morgan fingerprint density at radius 3 is 2.13 bits per heavy atom. The highest BCUT2D eigenvalue weighted by atomic mass is 127. The van der Waals surface area contributed by atoms with Gasteiger partial charge in [0.1, 0.15) is 0 Å². The summed E-state index contributed by atoms with van der Waals surface area (Å²) in [5.74, 6) is 0. The lowest BCUT2D eigenvalue weighted by atomic mass is 10.1. The van der Waals surface area contributed by atoms with Gasteiger partial charge in [0, 0.05) is 9.25 Å². The van der Waals surface area contributed by atoms with Gasteiger partial charge in [-0.2, -0.15) is 0 Å². The molecule has 0 aromatic rings. The molecule has 0 aromatic heterocycles. The van der Waals surface area contributed by atoms with E-state index in [0.29, 0.717) is 9.30 Å². The van der Waals surface area contributed by atoms with Crippen molar-refractivity contribution in [3.8, 4) is 0 Å². The first-order chi connectivity index (χ1) is 7.22. The van der Waals surface area contributed by atoms with Crippen molar-refractivity contribution in [1.82, 2.24) is 0 Å². The molecular weight excluding hydrogens is 386 g/mol. The zero-order chi connectivity index (χ0) is 11.5. The molecule has 0 heterocycles. The second-order valence-electron chi connectivity index (χ2n) is 4.10. The molecule has 0 N–H and O–H groups in total. The topological polar surface area (TPSA) is 0 Å². The first-order valence-corrected chi connectivity index (χ1v) is 8.86. The summed E-state index contributed by atoms with van der Waals surface area (Å²) in [6, 6.07) is 0. The van der Waals surface area contributed by atoms with Crippen molar-refractivity contribution in [3.63, 3.8) is 0 Å². The molecule has 3 heteroatoms. The van der Waals surface area contributed by atoms with Crippen LogP contribution in [-0.2, 0) is 0 Å². The first-order valence-electron chi connectivity index (χ1n) is 6.06. The predicted octanol–water partition coefficient (Wildman–Crippen LogP) is 5.93. The molecule has 0 bridgehead atoms. The lowest BCUT2D eigenvalue weighted by molar-refractivity contribution is 0.572. The van der Waals surface area contributed by atoms with Crippen LogP contribution in [0.5, 0.6) is 0 Å². The third-order valence-corrected chi connectivity index (χ3v) is 6.07. The number of halogens is 3. The van der Waals surface area contributed by atoms with E-state index in [9.17, 15) is 0 Å². The van der Waals surface area contributed by atoms with Crippen LogP contribution < -0.4 is 0 Å². The zero-order valence-electron chi connectivity index (χ0n) is 9.65. The Bertz CT molecular complexity index is 133. The molecule has 0 radical (unpaired) electrons. The minimum atomic E-state index is 0.297. The molecule has 2 atom stereocenters. The lowest BCUT2D eigenvalue weighted by Crippen LogP contribution is -2.15. The normalized spacial score (nSPS) is 15.2. The lowest BCUT2D eigenvalue weighted by Gasteiger charge is -2.13. The van der Waals surface area contributed by atoms with E-state index >= 15 is 0 Å². The van der Waals surface area contributed by atoms with Gasteiger partial charge in [-0.25, -0.2) is 0 Å². The average molecular weight is 410 g/mol. The SMILES string of the molecule is CCCCCCCCCC(I)C(Cl)CBr. The number of rotatable bonds is 10. The minimum Gasteiger partial charge on any atom is -0.121 e. The van der Waals surface area contributed by atoms with Gasteiger partial charge in [0.25, 0.3) is 0 Å². The number of unbranched alkanes of at least 4 members (excludes halogenated alkanes) is 6. The number of hydrogen-bond acceptors (Lipinski definition) is 0. The highest BCUT2D eigenvalue weighted by molar-refractivity contribution is 14.1. The molecule has 0 rings (SSSR count). The van der Waals surface area contributed by atoms with Crippen molar-refractivity contribution in [2.24, 2.45) is 0 Å². The van der Waals surface area contributed by atoms with Crippen molar-refractivity contribution in [3.05, 3.63) is 0 Å². The third-order valence-electron chi connectivity index (χ3n) is 2.62. The van der Waals surface area contributed by atoms with Crippen molar-refractivity contribution in [2.45, 2.75) is 67.6 Å². The molecule has 0 saturated carbocycles. The van der Waals surface area contributed by atoms with Gasteiger partial charge in [-0.15, -0.1) is 11.6 Å². The molecule has 0 amide bonds. The second-order valence-corrected chi connectivity index (χ2v) is 6.90. The Kier molecular flexibility index (Phi) is 13.2. The van der Waals surface area contributed by atoms with Crippen LogP contribution in [0.4, 0.5) is 0 Å². The van der Waals surface area contributed by atoms with E-state index in [1.807, 2.05) is 0 Å². The fourth-order valence-corrected chi connectivity index (χ4v) is 3.54. The largest absolute Gasteiger partial charge is 0.121 e. The standard InChI is InChI=1S/C12H23BrClI/c1-2-3-4-5-6-7-8-9-12(15)11(14)10-13/h11-12H,2-10H2,1H3. The van der Waals surface area contributed by atoms with Crippen LogP contribution in [0.15, 0.2) is 0 Å². The van der Waals surface area contributed by atoms with Crippen LogP contribution in [0.3, 0.4) is 0 Å². The summed E-state index contributed by atoms with van der Waals surface area (Å²) >= 11 is 12.1. The molecule has 0 aliphatic rings. The molecule has 92 valence electrons. The molecule has 15 heavy (non-hydrogen) atoms. The molecule has 0 nitrogen and oxygen atoms in total. The summed E-state index contributed by atoms with van der Waals surface area (Å²) in [6.45, 7) is 2.27. The summed E-state index contributed by atoms with van der Waals surface area (Å²) in [6.07, 6.45) is 11.0. The molecule has 0 fully saturated rings. The Labute approximate surface area is 122 Å². The fraction of sp³-hybridized carbons (Fsp3) is 1.00. The highest BCUT2D eigenvalue weighted by Crippen LogP contribution is 2.21. The van der Waals surface area contributed by atoms with Gasteiger partial charge in [-0.1, -0.05) is 90.4 Å². The summed E-state index contributed by atoms with van der Waals surface area (Å²) < 4.78 is 0.624. The van der Waals surface area contributed by atoms with E-state index in [1.54, 1.807) is 0 Å². The predicted molar refractivity (Wildman–Crippen MR) is 83.9 cm³/mol. The molecule has 0 spiro atoms. The molecule has 0 aromatic carbocycles. The summed E-state index contributed by atoms with van der Waals surface area (Å²) in [5.41, 5.74) is 0. The summed E-state index contributed by atoms with van der Waals surface area (Å²) in [4.78, 5) is 0. The Hall–Kier alpha value is 1.50. The van der Waals surface area contributed by atoms with Crippen LogP contribution in [-0.4, -0.2) is 14.6 Å². The third kappa shape index (κ3) is 10.4. The van der Waals surface area contributed by atoms with E-state index < -0.39 is 0 Å². The van der Waals surface area contributed by atoms with Crippen molar-refractivity contribution < 1.29 is 0 Å². The second kappa shape index (κ2) is 12.0. The molecule has 0 aliphatic heterocycles. The summed E-state index contributed by atoms with van der Waals surface area (Å²) in [5, 5.41) is 1.21. The number of alkyl halides is 3. The molecule has 0 aliphatic carbocycles. The maximum atomic E-state index is 6.14. The average Bonchev–Trinajstić information content (AvgIpc) is 2.26.